The van der Waals surface area contributed by atoms with Crippen LogP contribution in [-0.4, -0.2) is 10.9 Å². The normalized spacial score (nSPS) is 10.0. The molecule has 5 heteroatoms. The summed E-state index contributed by atoms with van der Waals surface area (Å²) in [6, 6.07) is 14.2. The molecule has 0 saturated carbocycles. The van der Waals surface area contributed by atoms with Gasteiger partial charge in [0.05, 0.1) is 0 Å². The van der Waals surface area contributed by atoms with E-state index in [2.05, 4.69) is 0 Å². The lowest BCUT2D eigenvalue weighted by Crippen LogP contribution is -2.10. The molecule has 2 aromatic rings. The van der Waals surface area contributed by atoms with Gasteiger partial charge in [-0.15, -0.1) is 0 Å². The summed E-state index contributed by atoms with van der Waals surface area (Å²) in [7, 11) is 0. The lowest BCUT2D eigenvalue weighted by molar-refractivity contribution is 0.100. The molecule has 0 aliphatic rings. The van der Waals surface area contributed by atoms with Crippen molar-refractivity contribution in [1.29, 1.82) is 0 Å². The molecule has 0 aromatic heterocycles. The summed E-state index contributed by atoms with van der Waals surface area (Å²) in [5.41, 5.74) is 13.0. The number of carbonyl (C=O) groups is 1. The number of primary amides is 1. The van der Waals surface area contributed by atoms with Crippen LogP contribution < -0.4 is 16.2 Å². The van der Waals surface area contributed by atoms with Gasteiger partial charge < -0.3 is 16.2 Å². The quantitative estimate of drug-likeness (QED) is 0.824. The van der Waals surface area contributed by atoms with Crippen molar-refractivity contribution in [2.75, 3.05) is 0 Å². The van der Waals surface area contributed by atoms with E-state index in [0.29, 0.717) is 22.9 Å². The number of thiocarbonyl (C=S) groups is 1. The predicted octanol–water partition coefficient (Wildman–Crippen LogP) is 2.00. The Bertz CT molecular complexity index is 639. The molecule has 4 nitrogen and oxygen atoms in total. The van der Waals surface area contributed by atoms with Gasteiger partial charge in [-0.2, -0.15) is 0 Å². The number of nitrogens with two attached hydrogens (primary N) is 2. The fraction of sp³-hybridized carbons (Fsp3) is 0.0667. The van der Waals surface area contributed by atoms with Crippen LogP contribution in [0.25, 0.3) is 0 Å². The topological polar surface area (TPSA) is 78.3 Å². The first-order valence-corrected chi connectivity index (χ1v) is 6.38. The fourth-order valence-corrected chi connectivity index (χ4v) is 1.82. The zero-order valence-electron chi connectivity index (χ0n) is 10.7. The number of hydrogen-bond donors (Lipinski definition) is 2. The smallest absolute Gasteiger partial charge is 0.248 e. The minimum Gasteiger partial charge on any atom is -0.489 e. The van der Waals surface area contributed by atoms with E-state index in [0.717, 1.165) is 11.1 Å². The van der Waals surface area contributed by atoms with Gasteiger partial charge in [-0.25, -0.2) is 0 Å². The van der Waals surface area contributed by atoms with E-state index in [1.165, 1.54) is 0 Å². The second kappa shape index (κ2) is 6.16. The Morgan fingerprint density at radius 3 is 2.35 bits per heavy atom. The highest BCUT2D eigenvalue weighted by molar-refractivity contribution is 7.80. The molecule has 0 unspecified atom stereocenters. The maximum absolute atomic E-state index is 11.0. The van der Waals surface area contributed by atoms with E-state index in [1.54, 1.807) is 24.3 Å². The first-order valence-electron chi connectivity index (χ1n) is 5.97. The molecule has 0 heterocycles. The molecular formula is C15H14N2O2S. The molecule has 0 bridgehead atoms. The van der Waals surface area contributed by atoms with E-state index in [4.69, 9.17) is 28.4 Å². The van der Waals surface area contributed by atoms with E-state index in [1.807, 2.05) is 24.3 Å². The van der Waals surface area contributed by atoms with Crippen molar-refractivity contribution in [3.8, 4) is 5.75 Å². The molecule has 0 aliphatic heterocycles. The number of ether oxygens (including phenoxy) is 1. The zero-order chi connectivity index (χ0) is 14.5. The van der Waals surface area contributed by atoms with Crippen LogP contribution in [0.4, 0.5) is 0 Å². The zero-order valence-corrected chi connectivity index (χ0v) is 11.5. The molecule has 0 saturated heterocycles. The molecule has 20 heavy (non-hydrogen) atoms. The summed E-state index contributed by atoms with van der Waals surface area (Å²) in [6.45, 7) is 0.395. The molecule has 0 atom stereocenters. The molecule has 0 fully saturated rings. The Labute approximate surface area is 122 Å². The van der Waals surface area contributed by atoms with Crippen LogP contribution in [0.2, 0.25) is 0 Å². The monoisotopic (exact) mass is 286 g/mol. The average molecular weight is 286 g/mol. The summed E-state index contributed by atoms with van der Waals surface area (Å²) in [5, 5.41) is 0. The number of rotatable bonds is 5. The van der Waals surface area contributed by atoms with Crippen LogP contribution in [0, 0.1) is 0 Å². The standard InChI is InChI=1S/C15H14N2O2S/c16-14(18)11-4-6-13(7-5-11)19-9-10-2-1-3-12(8-10)15(17)20/h1-8H,9H2,(H2,16,18)(H2,17,20). The van der Waals surface area contributed by atoms with Crippen molar-refractivity contribution in [2.45, 2.75) is 6.61 Å². The fourth-order valence-electron chi connectivity index (χ4n) is 1.70. The van der Waals surface area contributed by atoms with Crippen LogP contribution in [0.15, 0.2) is 48.5 Å². The van der Waals surface area contributed by atoms with Crippen LogP contribution in [0.5, 0.6) is 5.75 Å². The van der Waals surface area contributed by atoms with Crippen LogP contribution in [0.3, 0.4) is 0 Å². The van der Waals surface area contributed by atoms with Gasteiger partial charge >= 0.3 is 0 Å². The largest absolute Gasteiger partial charge is 0.489 e. The molecule has 2 rings (SSSR count). The molecule has 2 aromatic carbocycles. The Kier molecular flexibility index (Phi) is 4.32. The first kappa shape index (κ1) is 14.0. The van der Waals surface area contributed by atoms with Gasteiger partial charge in [0.15, 0.2) is 0 Å². The Morgan fingerprint density at radius 2 is 1.75 bits per heavy atom. The number of amides is 1. The molecule has 0 aliphatic carbocycles. The van der Waals surface area contributed by atoms with Crippen LogP contribution >= 0.6 is 12.2 Å². The SMILES string of the molecule is NC(=O)c1ccc(OCc2cccc(C(N)=S)c2)cc1. The third-order valence-corrected chi connectivity index (χ3v) is 2.99. The van der Waals surface area contributed by atoms with E-state index < -0.39 is 5.91 Å². The second-order valence-electron chi connectivity index (χ2n) is 4.24. The highest BCUT2D eigenvalue weighted by Crippen LogP contribution is 2.14. The highest BCUT2D eigenvalue weighted by Gasteiger charge is 2.02. The van der Waals surface area contributed by atoms with Gasteiger partial charge in [-0.05, 0) is 35.9 Å². The van der Waals surface area contributed by atoms with Crippen molar-refractivity contribution in [3.63, 3.8) is 0 Å². The summed E-state index contributed by atoms with van der Waals surface area (Å²) in [4.78, 5) is 11.3. The maximum atomic E-state index is 11.0. The maximum Gasteiger partial charge on any atom is 0.248 e. The molecule has 1 amide bonds. The van der Waals surface area contributed by atoms with Crippen molar-refractivity contribution in [1.82, 2.24) is 0 Å². The molecule has 0 radical (unpaired) electrons. The minimum absolute atomic E-state index is 0.359. The Balaban J connectivity index is 2.03. The highest BCUT2D eigenvalue weighted by atomic mass is 32.1. The van der Waals surface area contributed by atoms with Crippen LogP contribution in [-0.2, 0) is 6.61 Å². The van der Waals surface area contributed by atoms with Gasteiger partial charge in [0.25, 0.3) is 0 Å². The van der Waals surface area contributed by atoms with Crippen LogP contribution in [0.1, 0.15) is 21.5 Å². The van der Waals surface area contributed by atoms with Gasteiger partial charge in [0, 0.05) is 11.1 Å². The second-order valence-corrected chi connectivity index (χ2v) is 4.68. The van der Waals surface area contributed by atoms with Gasteiger partial charge in [0.1, 0.15) is 17.3 Å². The minimum atomic E-state index is -0.458. The predicted molar refractivity (Wildman–Crippen MR) is 81.6 cm³/mol. The van der Waals surface area contributed by atoms with Gasteiger partial charge in [0.2, 0.25) is 5.91 Å². The lowest BCUT2D eigenvalue weighted by Gasteiger charge is -2.08. The van der Waals surface area contributed by atoms with Gasteiger partial charge in [-0.1, -0.05) is 30.4 Å². The Morgan fingerprint density at radius 1 is 1.05 bits per heavy atom. The van der Waals surface area contributed by atoms with E-state index in [-0.39, 0.29) is 0 Å². The molecule has 0 spiro atoms. The van der Waals surface area contributed by atoms with E-state index in [9.17, 15) is 4.79 Å². The summed E-state index contributed by atoms with van der Waals surface area (Å²) in [6.07, 6.45) is 0. The Hall–Kier alpha value is -2.40. The lowest BCUT2D eigenvalue weighted by atomic mass is 10.1. The molecule has 4 N–H and O–H groups in total. The molecular weight excluding hydrogens is 272 g/mol. The number of benzene rings is 2. The number of hydrogen-bond acceptors (Lipinski definition) is 3. The summed E-state index contributed by atoms with van der Waals surface area (Å²) < 4.78 is 5.63. The summed E-state index contributed by atoms with van der Waals surface area (Å²) >= 11 is 4.93. The van der Waals surface area contributed by atoms with Crippen molar-refractivity contribution >= 4 is 23.1 Å². The summed E-state index contributed by atoms with van der Waals surface area (Å²) in [5.74, 6) is 0.205. The van der Waals surface area contributed by atoms with Crippen molar-refractivity contribution in [3.05, 3.63) is 65.2 Å². The molecule has 102 valence electrons. The third kappa shape index (κ3) is 3.55. The third-order valence-electron chi connectivity index (χ3n) is 2.76. The first-order chi connectivity index (χ1) is 9.56. The van der Waals surface area contributed by atoms with Crippen molar-refractivity contribution in [2.24, 2.45) is 11.5 Å². The number of carbonyl (C=O) groups excluding carboxylic acids is 1. The van der Waals surface area contributed by atoms with Gasteiger partial charge in [-0.3, -0.25) is 4.79 Å². The van der Waals surface area contributed by atoms with E-state index >= 15 is 0 Å². The average Bonchev–Trinajstić information content (AvgIpc) is 2.46. The van der Waals surface area contributed by atoms with Crippen molar-refractivity contribution < 1.29 is 9.53 Å².